The Hall–Kier alpha value is -2.40. The second-order valence-electron chi connectivity index (χ2n) is 8.11. The van der Waals surface area contributed by atoms with Crippen molar-refractivity contribution in [3.8, 4) is 0 Å². The minimum atomic E-state index is -5.44. The van der Waals surface area contributed by atoms with E-state index in [1.54, 1.807) is 41.5 Å². The van der Waals surface area contributed by atoms with Crippen molar-refractivity contribution < 1.29 is 36.7 Å². The van der Waals surface area contributed by atoms with Crippen molar-refractivity contribution >= 4 is 23.6 Å². The highest BCUT2D eigenvalue weighted by atomic mass is 19.3. The average molecular weight is 414 g/mol. The number of alkyl halides is 4. The van der Waals surface area contributed by atoms with E-state index in [9.17, 15) is 36.7 Å². The molecule has 0 aliphatic carbocycles. The van der Waals surface area contributed by atoms with Gasteiger partial charge in [-0.05, 0) is 41.5 Å². The van der Waals surface area contributed by atoms with Crippen LogP contribution in [0.25, 0.3) is 0 Å². The van der Waals surface area contributed by atoms with Crippen molar-refractivity contribution in [2.24, 2.45) is 0 Å². The summed E-state index contributed by atoms with van der Waals surface area (Å²) in [7, 11) is 0. The monoisotopic (exact) mass is 414 g/mol. The zero-order chi connectivity index (χ0) is 22.6. The highest BCUT2D eigenvalue weighted by molar-refractivity contribution is 5.97. The lowest BCUT2D eigenvalue weighted by atomic mass is 10.1. The molecule has 0 heterocycles. The lowest BCUT2D eigenvalue weighted by molar-refractivity contribution is -0.211. The standard InChI is InChI=1S/C16H26F4N4O4/c1-13(2,3)23-9(25)7-21-11(27)15(17,18)16(19,20)12(28)22-8-10(26)24-14(4,5)6/h7-8H2,1-6H3,(H,21,27)(H,22,28)(H,23,25)(H,24,26). The summed E-state index contributed by atoms with van der Waals surface area (Å²) in [6.45, 7) is 7.50. The summed E-state index contributed by atoms with van der Waals surface area (Å²) in [5, 5.41) is 7.38. The van der Waals surface area contributed by atoms with E-state index in [1.165, 1.54) is 10.6 Å². The van der Waals surface area contributed by atoms with Gasteiger partial charge in [0.25, 0.3) is 11.8 Å². The normalized spacial score (nSPS) is 12.8. The number of carbonyl (C=O) groups excluding carboxylic acids is 4. The summed E-state index contributed by atoms with van der Waals surface area (Å²) >= 11 is 0. The number of nitrogens with one attached hydrogen (secondary N) is 4. The summed E-state index contributed by atoms with van der Waals surface area (Å²) in [5.41, 5.74) is -1.47. The third kappa shape index (κ3) is 8.09. The predicted octanol–water partition coefficient (Wildman–Crippen LogP) is 0.319. The molecule has 28 heavy (non-hydrogen) atoms. The fourth-order valence-electron chi connectivity index (χ4n) is 1.75. The molecule has 0 rings (SSSR count). The van der Waals surface area contributed by atoms with E-state index in [-0.39, 0.29) is 0 Å². The van der Waals surface area contributed by atoms with Crippen LogP contribution in [0.15, 0.2) is 0 Å². The lowest BCUT2D eigenvalue weighted by Gasteiger charge is -2.25. The summed E-state index contributed by atoms with van der Waals surface area (Å²) < 4.78 is 55.1. The lowest BCUT2D eigenvalue weighted by Crippen LogP contribution is -2.61. The first-order valence-corrected chi connectivity index (χ1v) is 8.24. The molecule has 12 heteroatoms. The second kappa shape index (κ2) is 8.74. The van der Waals surface area contributed by atoms with E-state index in [0.29, 0.717) is 0 Å². The van der Waals surface area contributed by atoms with Gasteiger partial charge in [0.15, 0.2) is 0 Å². The largest absolute Gasteiger partial charge is 0.395 e. The van der Waals surface area contributed by atoms with E-state index < -0.39 is 59.6 Å². The van der Waals surface area contributed by atoms with Gasteiger partial charge in [-0.1, -0.05) is 0 Å². The van der Waals surface area contributed by atoms with Gasteiger partial charge in [-0.3, -0.25) is 19.2 Å². The maximum absolute atomic E-state index is 13.8. The highest BCUT2D eigenvalue weighted by Gasteiger charge is 2.66. The number of hydrogen-bond donors (Lipinski definition) is 4. The fourth-order valence-corrected chi connectivity index (χ4v) is 1.75. The average Bonchev–Trinajstić information content (AvgIpc) is 2.46. The van der Waals surface area contributed by atoms with Gasteiger partial charge in [0.1, 0.15) is 0 Å². The van der Waals surface area contributed by atoms with Crippen LogP contribution in [0, 0.1) is 0 Å². The van der Waals surface area contributed by atoms with Gasteiger partial charge in [0, 0.05) is 11.1 Å². The van der Waals surface area contributed by atoms with Crippen LogP contribution in [0.5, 0.6) is 0 Å². The number of halogens is 4. The number of hydrogen-bond acceptors (Lipinski definition) is 4. The molecule has 0 radical (unpaired) electrons. The summed E-state index contributed by atoms with van der Waals surface area (Å²) in [6.07, 6.45) is 0. The molecular weight excluding hydrogens is 388 g/mol. The first kappa shape index (κ1) is 25.6. The quantitative estimate of drug-likeness (QED) is 0.449. The second-order valence-corrected chi connectivity index (χ2v) is 8.11. The van der Waals surface area contributed by atoms with Crippen LogP contribution in [0.1, 0.15) is 41.5 Å². The Bertz CT molecular complexity index is 571. The molecule has 0 aliphatic rings. The van der Waals surface area contributed by atoms with Crippen LogP contribution < -0.4 is 21.3 Å². The van der Waals surface area contributed by atoms with Crippen LogP contribution in [-0.4, -0.2) is 59.6 Å². The molecule has 0 aromatic rings. The summed E-state index contributed by atoms with van der Waals surface area (Å²) in [6, 6.07) is 0. The SMILES string of the molecule is CC(C)(C)NC(=O)CNC(=O)C(F)(F)C(F)(F)C(=O)NCC(=O)NC(C)(C)C. The van der Waals surface area contributed by atoms with Crippen molar-refractivity contribution in [3.63, 3.8) is 0 Å². The van der Waals surface area contributed by atoms with Crippen molar-refractivity contribution in [2.75, 3.05) is 13.1 Å². The minimum absolute atomic E-state index is 0.734. The first-order chi connectivity index (χ1) is 12.3. The van der Waals surface area contributed by atoms with Crippen LogP contribution in [0.4, 0.5) is 17.6 Å². The van der Waals surface area contributed by atoms with E-state index in [0.717, 1.165) is 0 Å². The van der Waals surface area contributed by atoms with E-state index in [1.807, 2.05) is 0 Å². The smallest absolute Gasteiger partial charge is 0.350 e. The Kier molecular flexibility index (Phi) is 7.99. The third-order valence-corrected chi connectivity index (χ3v) is 2.81. The molecule has 0 bridgehead atoms. The Morgan fingerprint density at radius 1 is 0.607 bits per heavy atom. The molecular formula is C16H26F4N4O4. The van der Waals surface area contributed by atoms with Gasteiger partial charge in [-0.25, -0.2) is 0 Å². The molecule has 8 nitrogen and oxygen atoms in total. The molecule has 0 unspecified atom stereocenters. The molecule has 0 aromatic carbocycles. The molecule has 0 saturated carbocycles. The predicted molar refractivity (Wildman–Crippen MR) is 91.7 cm³/mol. The molecule has 0 saturated heterocycles. The third-order valence-electron chi connectivity index (χ3n) is 2.81. The number of amides is 4. The van der Waals surface area contributed by atoms with Crippen molar-refractivity contribution in [1.29, 1.82) is 0 Å². The zero-order valence-electron chi connectivity index (χ0n) is 16.6. The highest BCUT2D eigenvalue weighted by Crippen LogP contribution is 2.34. The Balaban J connectivity index is 4.91. The number of carbonyl (C=O) groups is 4. The van der Waals surface area contributed by atoms with E-state index in [4.69, 9.17) is 0 Å². The molecule has 162 valence electrons. The topological polar surface area (TPSA) is 116 Å². The summed E-state index contributed by atoms with van der Waals surface area (Å²) in [5.74, 6) is -17.7. The molecule has 0 aromatic heterocycles. The van der Waals surface area contributed by atoms with Gasteiger partial charge < -0.3 is 21.3 Å². The Morgan fingerprint density at radius 3 is 1.07 bits per heavy atom. The number of rotatable bonds is 7. The van der Waals surface area contributed by atoms with E-state index >= 15 is 0 Å². The maximum Gasteiger partial charge on any atom is 0.395 e. The van der Waals surface area contributed by atoms with Crippen LogP contribution >= 0.6 is 0 Å². The molecule has 0 aliphatic heterocycles. The van der Waals surface area contributed by atoms with Gasteiger partial charge in [-0.15, -0.1) is 0 Å². The van der Waals surface area contributed by atoms with Crippen molar-refractivity contribution in [2.45, 2.75) is 64.5 Å². The molecule has 4 N–H and O–H groups in total. The van der Waals surface area contributed by atoms with Crippen LogP contribution in [-0.2, 0) is 19.2 Å². The van der Waals surface area contributed by atoms with Gasteiger partial charge in [0.05, 0.1) is 13.1 Å². The van der Waals surface area contributed by atoms with Gasteiger partial charge in [-0.2, -0.15) is 17.6 Å². The Labute approximate surface area is 160 Å². The van der Waals surface area contributed by atoms with Crippen molar-refractivity contribution in [1.82, 2.24) is 21.3 Å². The van der Waals surface area contributed by atoms with Crippen molar-refractivity contribution in [3.05, 3.63) is 0 Å². The first-order valence-electron chi connectivity index (χ1n) is 8.24. The van der Waals surface area contributed by atoms with Crippen LogP contribution in [0.3, 0.4) is 0 Å². The molecule has 0 spiro atoms. The fraction of sp³-hybridized carbons (Fsp3) is 0.750. The summed E-state index contributed by atoms with van der Waals surface area (Å²) in [4.78, 5) is 45.8. The molecule has 0 atom stereocenters. The van der Waals surface area contributed by atoms with Gasteiger partial charge >= 0.3 is 11.8 Å². The minimum Gasteiger partial charge on any atom is -0.350 e. The van der Waals surface area contributed by atoms with Gasteiger partial charge in [0.2, 0.25) is 11.8 Å². The maximum atomic E-state index is 13.8. The van der Waals surface area contributed by atoms with E-state index in [2.05, 4.69) is 10.6 Å². The molecule has 4 amide bonds. The Morgan fingerprint density at radius 2 is 0.857 bits per heavy atom. The van der Waals surface area contributed by atoms with Crippen LogP contribution in [0.2, 0.25) is 0 Å². The molecule has 0 fully saturated rings. The zero-order valence-corrected chi connectivity index (χ0v) is 16.6.